The van der Waals surface area contributed by atoms with E-state index in [-0.39, 0.29) is 5.91 Å². The summed E-state index contributed by atoms with van der Waals surface area (Å²) in [5.41, 5.74) is 3.14. The second kappa shape index (κ2) is 10.1. The van der Waals surface area contributed by atoms with Crippen molar-refractivity contribution < 1.29 is 4.79 Å². The fraction of sp³-hybridized carbons (Fsp3) is 0.625. The highest BCUT2D eigenvalue weighted by Gasteiger charge is 2.36. The van der Waals surface area contributed by atoms with Gasteiger partial charge in [0.1, 0.15) is 4.88 Å². The van der Waals surface area contributed by atoms with Crippen LogP contribution in [0.25, 0.3) is 0 Å². The molecule has 1 aromatic heterocycles. The molecule has 2 aliphatic rings. The van der Waals surface area contributed by atoms with Crippen molar-refractivity contribution in [3.63, 3.8) is 0 Å². The summed E-state index contributed by atoms with van der Waals surface area (Å²) in [4.78, 5) is 19.1. The van der Waals surface area contributed by atoms with Gasteiger partial charge in [-0.05, 0) is 67.7 Å². The van der Waals surface area contributed by atoms with E-state index in [0.717, 1.165) is 50.3 Å². The maximum absolute atomic E-state index is 13.7. The van der Waals surface area contributed by atoms with Gasteiger partial charge in [-0.25, -0.2) is 0 Å². The molecule has 1 fully saturated rings. The Morgan fingerprint density at radius 1 is 1.23 bits per heavy atom. The fourth-order valence-electron chi connectivity index (χ4n) is 4.92. The van der Waals surface area contributed by atoms with E-state index in [9.17, 15) is 4.79 Å². The van der Waals surface area contributed by atoms with E-state index in [1.54, 1.807) is 0 Å². The minimum Gasteiger partial charge on any atom is -0.385 e. The van der Waals surface area contributed by atoms with E-state index in [1.807, 2.05) is 6.92 Å². The van der Waals surface area contributed by atoms with E-state index < -0.39 is 0 Å². The Hall–Kier alpha value is -1.99. The number of aromatic nitrogens is 2. The number of rotatable bonds is 5. The second-order valence-corrected chi connectivity index (χ2v) is 10.0. The standard InChI is InChI=1S/C24H35N5OS/c1-4-21-23(31-27-26-21)24(30)28-15-18-7-5-6-8-22(18)25-13-11-19-9-10-20(16-28)29(19)14-12-17(2)3/h5-8,17,19-20,25H,4,9-16H2,1-3H3/t19-,20+/m1/s1. The number of carbonyl (C=O) groups is 1. The van der Waals surface area contributed by atoms with E-state index in [0.29, 0.717) is 29.4 Å². The molecular formula is C24H35N5OS. The average molecular weight is 442 g/mol. The zero-order valence-electron chi connectivity index (χ0n) is 19.0. The number of anilines is 1. The molecule has 3 heterocycles. The molecular weight excluding hydrogens is 406 g/mol. The topological polar surface area (TPSA) is 61.4 Å². The Bertz CT molecular complexity index is 882. The second-order valence-electron chi connectivity index (χ2n) is 9.27. The number of carbonyl (C=O) groups excluding carboxylic acids is 1. The van der Waals surface area contributed by atoms with Crippen LogP contribution in [0.1, 0.15) is 67.4 Å². The Kier molecular flexibility index (Phi) is 7.23. The summed E-state index contributed by atoms with van der Waals surface area (Å²) in [6, 6.07) is 9.42. The quantitative estimate of drug-likeness (QED) is 0.743. The minimum atomic E-state index is 0.0770. The summed E-state index contributed by atoms with van der Waals surface area (Å²) in [5, 5.41) is 7.85. The highest BCUT2D eigenvalue weighted by molar-refractivity contribution is 7.08. The van der Waals surface area contributed by atoms with Crippen molar-refractivity contribution in [3.8, 4) is 0 Å². The van der Waals surface area contributed by atoms with Gasteiger partial charge in [-0.3, -0.25) is 9.69 Å². The molecule has 1 N–H and O–H groups in total. The van der Waals surface area contributed by atoms with Crippen molar-refractivity contribution in [2.45, 2.75) is 71.5 Å². The summed E-state index contributed by atoms with van der Waals surface area (Å²) in [7, 11) is 0. The number of hydrogen-bond acceptors (Lipinski definition) is 6. The molecule has 0 saturated carbocycles. The lowest BCUT2D eigenvalue weighted by molar-refractivity contribution is 0.0669. The summed E-state index contributed by atoms with van der Waals surface area (Å²) in [6.07, 6.45) is 5.46. The molecule has 2 aliphatic heterocycles. The largest absolute Gasteiger partial charge is 0.385 e. The lowest BCUT2D eigenvalue weighted by atomic mass is 10.1. The highest BCUT2D eigenvalue weighted by atomic mass is 32.1. The van der Waals surface area contributed by atoms with Gasteiger partial charge >= 0.3 is 0 Å². The number of amides is 1. The molecule has 168 valence electrons. The molecule has 0 aliphatic carbocycles. The van der Waals surface area contributed by atoms with Gasteiger partial charge in [0.25, 0.3) is 5.91 Å². The monoisotopic (exact) mass is 441 g/mol. The Morgan fingerprint density at radius 2 is 2.03 bits per heavy atom. The van der Waals surface area contributed by atoms with Crippen molar-refractivity contribution in [3.05, 3.63) is 40.4 Å². The third-order valence-corrected chi connectivity index (χ3v) is 7.47. The Morgan fingerprint density at radius 3 is 2.84 bits per heavy atom. The van der Waals surface area contributed by atoms with Crippen molar-refractivity contribution >= 4 is 23.1 Å². The molecule has 1 amide bonds. The molecule has 0 radical (unpaired) electrons. The van der Waals surface area contributed by atoms with Crippen LogP contribution in [0.4, 0.5) is 5.69 Å². The number of nitrogens with one attached hydrogen (secondary N) is 1. The molecule has 7 heteroatoms. The van der Waals surface area contributed by atoms with Crippen LogP contribution in [-0.2, 0) is 13.0 Å². The van der Waals surface area contributed by atoms with Crippen LogP contribution in [-0.4, -0.2) is 57.0 Å². The van der Waals surface area contributed by atoms with Crippen molar-refractivity contribution in [1.29, 1.82) is 0 Å². The van der Waals surface area contributed by atoms with Crippen LogP contribution in [0.5, 0.6) is 0 Å². The number of nitrogens with zero attached hydrogens (tertiary/aromatic N) is 4. The molecule has 2 bridgehead atoms. The first-order chi connectivity index (χ1) is 15.1. The predicted octanol–water partition coefficient (Wildman–Crippen LogP) is 4.44. The Labute approximate surface area is 190 Å². The average Bonchev–Trinajstić information content (AvgIpc) is 3.38. The fourth-order valence-corrected chi connectivity index (χ4v) is 5.64. The summed E-state index contributed by atoms with van der Waals surface area (Å²) < 4.78 is 4.08. The van der Waals surface area contributed by atoms with Gasteiger partial charge in [0.05, 0.1) is 5.69 Å². The van der Waals surface area contributed by atoms with Gasteiger partial charge < -0.3 is 10.2 Å². The van der Waals surface area contributed by atoms with Crippen LogP contribution in [0.2, 0.25) is 0 Å². The first kappa shape index (κ1) is 22.2. The highest BCUT2D eigenvalue weighted by Crippen LogP contribution is 2.31. The summed E-state index contributed by atoms with van der Waals surface area (Å²) >= 11 is 1.24. The van der Waals surface area contributed by atoms with Gasteiger partial charge in [0.2, 0.25) is 0 Å². The van der Waals surface area contributed by atoms with Gasteiger partial charge in [-0.1, -0.05) is 43.5 Å². The Balaban J connectivity index is 1.65. The number of aryl methyl sites for hydroxylation is 1. The van der Waals surface area contributed by atoms with Crippen LogP contribution in [0, 0.1) is 5.92 Å². The predicted molar refractivity (Wildman–Crippen MR) is 127 cm³/mol. The van der Waals surface area contributed by atoms with Gasteiger partial charge in [0, 0.05) is 37.4 Å². The molecule has 0 unspecified atom stereocenters. The van der Waals surface area contributed by atoms with Crippen molar-refractivity contribution in [2.75, 3.05) is 25.0 Å². The van der Waals surface area contributed by atoms with E-state index >= 15 is 0 Å². The molecule has 1 aromatic carbocycles. The SMILES string of the molecule is CCc1nnsc1C(=O)N1Cc2ccccc2NCC[C@H]2CC[C@@H](C1)N2CCC(C)C. The summed E-state index contributed by atoms with van der Waals surface area (Å²) in [5.74, 6) is 0.765. The first-order valence-corrected chi connectivity index (χ1v) is 12.5. The number of hydrogen-bond donors (Lipinski definition) is 1. The lowest BCUT2D eigenvalue weighted by Crippen LogP contribution is -2.45. The van der Waals surface area contributed by atoms with E-state index in [4.69, 9.17) is 0 Å². The number of para-hydroxylation sites is 1. The van der Waals surface area contributed by atoms with Gasteiger partial charge in [-0.15, -0.1) is 5.10 Å². The molecule has 6 nitrogen and oxygen atoms in total. The third-order valence-electron chi connectivity index (χ3n) is 6.71. The van der Waals surface area contributed by atoms with E-state index in [2.05, 4.69) is 62.8 Å². The van der Waals surface area contributed by atoms with Crippen LogP contribution < -0.4 is 5.32 Å². The molecule has 0 spiro atoms. The van der Waals surface area contributed by atoms with Crippen molar-refractivity contribution in [1.82, 2.24) is 19.4 Å². The smallest absolute Gasteiger partial charge is 0.267 e. The zero-order valence-corrected chi connectivity index (χ0v) is 19.8. The zero-order chi connectivity index (χ0) is 21.8. The van der Waals surface area contributed by atoms with Gasteiger partial charge in [0.15, 0.2) is 0 Å². The van der Waals surface area contributed by atoms with Crippen LogP contribution >= 0.6 is 11.5 Å². The maximum Gasteiger partial charge on any atom is 0.267 e. The molecule has 2 aromatic rings. The van der Waals surface area contributed by atoms with Gasteiger partial charge in [-0.2, -0.15) is 0 Å². The normalized spacial score (nSPS) is 22.1. The molecule has 1 saturated heterocycles. The first-order valence-electron chi connectivity index (χ1n) is 11.7. The lowest BCUT2D eigenvalue weighted by Gasteiger charge is -2.34. The van der Waals surface area contributed by atoms with Crippen LogP contribution in [0.3, 0.4) is 0 Å². The maximum atomic E-state index is 13.7. The summed E-state index contributed by atoms with van der Waals surface area (Å²) in [6.45, 7) is 10.1. The number of fused-ring (bicyclic) bond motifs is 3. The molecule has 4 rings (SSSR count). The van der Waals surface area contributed by atoms with Crippen molar-refractivity contribution in [2.24, 2.45) is 5.92 Å². The third kappa shape index (κ3) is 5.09. The molecule has 31 heavy (non-hydrogen) atoms. The van der Waals surface area contributed by atoms with Crippen LogP contribution in [0.15, 0.2) is 24.3 Å². The number of benzene rings is 1. The minimum absolute atomic E-state index is 0.0770. The molecule has 2 atom stereocenters. The van der Waals surface area contributed by atoms with E-state index in [1.165, 1.54) is 29.9 Å².